The molecule has 2 aliphatic rings. The topological polar surface area (TPSA) is 243 Å². The number of methoxy groups -OCH3 is 1. The molecule has 7 N–H and O–H groups in total. The van der Waals surface area contributed by atoms with Crippen LogP contribution in [0.4, 0.5) is 4.79 Å². The maximum Gasteiger partial charge on any atom is 0.405 e. The van der Waals surface area contributed by atoms with Gasteiger partial charge in [0, 0.05) is 31.3 Å². The summed E-state index contributed by atoms with van der Waals surface area (Å²) in [6.45, 7) is 15.8. The molecule has 6 unspecified atom stereocenters. The molecule has 9 atom stereocenters. The molecule has 1 saturated heterocycles. The monoisotopic (exact) mass is 924 g/mol. The molecule has 0 aromatic heterocycles. The summed E-state index contributed by atoms with van der Waals surface area (Å²) in [7, 11) is 1.49. The summed E-state index contributed by atoms with van der Waals surface area (Å²) in [4.78, 5) is 91.7. The minimum absolute atomic E-state index is 0.00698. The van der Waals surface area contributed by atoms with Gasteiger partial charge in [0.15, 0.2) is 0 Å². The Bertz CT molecular complexity index is 2080. The molecule has 17 nitrogen and oxygen atoms in total. The van der Waals surface area contributed by atoms with Crippen molar-refractivity contribution in [3.05, 3.63) is 76.3 Å². The lowest BCUT2D eigenvalue weighted by Gasteiger charge is -2.34. The molecule has 6 amide bonds. The van der Waals surface area contributed by atoms with Crippen LogP contribution >= 0.6 is 11.6 Å². The quantitative estimate of drug-likeness (QED) is 0.0969. The van der Waals surface area contributed by atoms with E-state index in [1.54, 1.807) is 58.9 Å². The molecule has 2 aromatic rings. The molecule has 2 heterocycles. The Morgan fingerprint density at radius 3 is 2.17 bits per heavy atom. The molecular formula is C47H65ClN6O11. The normalized spacial score (nSPS) is 24.6. The van der Waals surface area contributed by atoms with E-state index < -0.39 is 83.3 Å². The maximum atomic E-state index is 14.0. The van der Waals surface area contributed by atoms with Gasteiger partial charge in [-0.2, -0.15) is 0 Å². The van der Waals surface area contributed by atoms with Crippen LogP contribution in [-0.2, 0) is 51.2 Å². The number of halogens is 1. The first kappa shape index (κ1) is 51.9. The van der Waals surface area contributed by atoms with Crippen LogP contribution in [0.25, 0.3) is 0 Å². The third-order valence-corrected chi connectivity index (χ3v) is 12.2. The molecule has 0 bridgehead atoms. The average Bonchev–Trinajstić information content (AvgIpc) is 4.04. The number of carbonyl (C=O) groups is 7. The second-order valence-electron chi connectivity index (χ2n) is 18.2. The lowest BCUT2D eigenvalue weighted by molar-refractivity contribution is -0.157. The average molecular weight is 926 g/mol. The molecule has 0 aliphatic carbocycles. The van der Waals surface area contributed by atoms with Crippen LogP contribution < -0.4 is 36.6 Å². The van der Waals surface area contributed by atoms with Gasteiger partial charge in [0.2, 0.25) is 29.5 Å². The third-order valence-electron chi connectivity index (χ3n) is 11.9. The Hall–Kier alpha value is -5.68. The van der Waals surface area contributed by atoms with Gasteiger partial charge in [-0.05, 0) is 80.9 Å². The number of epoxide rings is 1. The number of cyclic esters (lactones) is 1. The summed E-state index contributed by atoms with van der Waals surface area (Å²) in [6.07, 6.45) is 0.551. The molecule has 1 fully saturated rings. The molecule has 18 heteroatoms. The highest BCUT2D eigenvalue weighted by Crippen LogP contribution is 2.45. The molecule has 2 aromatic carbocycles. The zero-order valence-electron chi connectivity index (χ0n) is 38.8. The van der Waals surface area contributed by atoms with E-state index in [0.717, 1.165) is 11.1 Å². The Balaban J connectivity index is 1.50. The van der Waals surface area contributed by atoms with Gasteiger partial charge in [0.1, 0.15) is 42.1 Å². The van der Waals surface area contributed by atoms with Crippen molar-refractivity contribution in [1.82, 2.24) is 31.9 Å². The van der Waals surface area contributed by atoms with E-state index in [4.69, 9.17) is 30.9 Å². The van der Waals surface area contributed by atoms with Gasteiger partial charge in [0.05, 0.1) is 23.7 Å². The van der Waals surface area contributed by atoms with Gasteiger partial charge in [-0.1, -0.05) is 82.6 Å². The second kappa shape index (κ2) is 23.0. The van der Waals surface area contributed by atoms with Crippen LogP contribution in [0.5, 0.6) is 5.75 Å². The fourth-order valence-electron chi connectivity index (χ4n) is 7.34. The fourth-order valence-corrected chi connectivity index (χ4v) is 7.62. The van der Waals surface area contributed by atoms with E-state index in [9.17, 15) is 33.6 Å². The van der Waals surface area contributed by atoms with Crippen molar-refractivity contribution in [2.24, 2.45) is 23.2 Å². The Kier molecular flexibility index (Phi) is 18.4. The minimum atomic E-state index is -1.34. The zero-order valence-corrected chi connectivity index (χ0v) is 39.5. The first-order valence-electron chi connectivity index (χ1n) is 21.9. The lowest BCUT2D eigenvalue weighted by atomic mass is 9.83. The highest BCUT2D eigenvalue weighted by atomic mass is 35.5. The third kappa shape index (κ3) is 14.7. The number of esters is 1. The number of hydrogen-bond donors (Lipinski definition) is 7. The van der Waals surface area contributed by atoms with Crippen molar-refractivity contribution < 1.29 is 52.9 Å². The second-order valence-corrected chi connectivity index (χ2v) is 18.6. The van der Waals surface area contributed by atoms with E-state index in [2.05, 4.69) is 31.9 Å². The van der Waals surface area contributed by atoms with Crippen molar-refractivity contribution in [1.29, 1.82) is 0 Å². The molecule has 2 aliphatic heterocycles. The van der Waals surface area contributed by atoms with E-state index in [0.29, 0.717) is 22.8 Å². The van der Waals surface area contributed by atoms with Crippen LogP contribution in [0, 0.1) is 23.2 Å². The number of benzene rings is 2. The number of carbonyl (C=O) groups excluding carboxylic acids is 6. The number of ether oxygens (including phenoxy) is 3. The fraction of sp³-hybridized carbons (Fsp3) is 0.553. The molecule has 4 rings (SSSR count). The van der Waals surface area contributed by atoms with Crippen molar-refractivity contribution >= 4 is 53.2 Å². The highest BCUT2D eigenvalue weighted by molar-refractivity contribution is 6.32. The highest BCUT2D eigenvalue weighted by Gasteiger charge is 2.48. The molecular weight excluding hydrogens is 860 g/mol. The number of rotatable bonds is 15. The summed E-state index contributed by atoms with van der Waals surface area (Å²) in [5, 5.41) is 25.5. The van der Waals surface area contributed by atoms with E-state index in [1.807, 2.05) is 45.0 Å². The van der Waals surface area contributed by atoms with Crippen LogP contribution in [0.2, 0.25) is 5.02 Å². The Labute approximate surface area is 385 Å². The van der Waals surface area contributed by atoms with Crippen molar-refractivity contribution in [3.63, 3.8) is 0 Å². The number of nitrogens with one attached hydrogen (secondary N) is 6. The Morgan fingerprint density at radius 2 is 1.57 bits per heavy atom. The van der Waals surface area contributed by atoms with Gasteiger partial charge in [-0.15, -0.1) is 0 Å². The van der Waals surface area contributed by atoms with Gasteiger partial charge < -0.3 is 51.2 Å². The van der Waals surface area contributed by atoms with Crippen LogP contribution in [0.15, 0.2) is 54.6 Å². The van der Waals surface area contributed by atoms with Crippen molar-refractivity contribution in [2.45, 2.75) is 137 Å². The molecule has 0 saturated carbocycles. The van der Waals surface area contributed by atoms with Gasteiger partial charge in [-0.25, -0.2) is 9.59 Å². The maximum absolute atomic E-state index is 14.0. The van der Waals surface area contributed by atoms with E-state index in [-0.39, 0.29) is 49.3 Å². The first-order valence-corrected chi connectivity index (χ1v) is 22.3. The Morgan fingerprint density at radius 1 is 0.908 bits per heavy atom. The SMILES string of the molecule is COc1ccc(C[C@H]2NC(=O)/C=C/C[C@@H](C(C)C3OC3c3ccc(CNC(=O)C(C)NC(=O)C(NC(=O)O)C(C)C)cc3)OC(=O)[C@H](CC(C)C)NC(=O)C(C)(C)C(C)NC2=O)cc1Cl. The predicted octanol–water partition coefficient (Wildman–Crippen LogP) is 4.50. The molecule has 65 heavy (non-hydrogen) atoms. The van der Waals surface area contributed by atoms with Crippen molar-refractivity contribution in [2.75, 3.05) is 7.11 Å². The molecule has 356 valence electrons. The first-order chi connectivity index (χ1) is 30.5. The zero-order chi connectivity index (χ0) is 48.3. The van der Waals surface area contributed by atoms with Gasteiger partial charge in [0.25, 0.3) is 0 Å². The number of hydrogen-bond acceptors (Lipinski definition) is 10. The van der Waals surface area contributed by atoms with Crippen LogP contribution in [0.3, 0.4) is 0 Å². The van der Waals surface area contributed by atoms with Gasteiger partial charge >= 0.3 is 12.1 Å². The molecule has 0 spiro atoms. The molecule has 0 radical (unpaired) electrons. The summed E-state index contributed by atoms with van der Waals surface area (Å²) in [6, 6.07) is 7.78. The number of carboxylic acid groups (broad SMARTS) is 1. The van der Waals surface area contributed by atoms with Crippen LogP contribution in [0.1, 0.15) is 97.9 Å². The lowest BCUT2D eigenvalue weighted by Crippen LogP contribution is -2.58. The summed E-state index contributed by atoms with van der Waals surface area (Å²) < 4.78 is 17.6. The summed E-state index contributed by atoms with van der Waals surface area (Å²) in [5.74, 6) is -3.47. The smallest absolute Gasteiger partial charge is 0.405 e. The van der Waals surface area contributed by atoms with E-state index >= 15 is 0 Å². The summed E-state index contributed by atoms with van der Waals surface area (Å²) in [5.41, 5.74) is 1.09. The largest absolute Gasteiger partial charge is 0.495 e. The van der Waals surface area contributed by atoms with Gasteiger partial charge in [-0.3, -0.25) is 24.0 Å². The van der Waals surface area contributed by atoms with E-state index in [1.165, 1.54) is 20.1 Å². The summed E-state index contributed by atoms with van der Waals surface area (Å²) >= 11 is 6.38. The number of amides is 6. The van der Waals surface area contributed by atoms with Crippen LogP contribution in [-0.4, -0.2) is 96.2 Å². The minimum Gasteiger partial charge on any atom is -0.495 e. The van der Waals surface area contributed by atoms with Crippen molar-refractivity contribution in [3.8, 4) is 5.75 Å². The standard InChI is InChI=1S/C47H65ClN6O11/c1-24(2)20-34-44(59)64-35(12-11-13-37(55)52-33(22-30-16-19-36(63-10)32(48)21-30)42(57)51-28(7)47(8,9)45(60)53-34)26(5)39-40(65-39)31-17-14-29(15-18-31)23-49-41(56)27(6)50-43(58)38(25(3)4)54-46(61)62/h11,13-19,21,24-28,33-35,38-40,54H,12,20,22-23H2,1-10H3,(H,49,56)(H,50,58)(H,51,57)(H,52,55)(H,53,60)(H,61,62)/b13-11+/t26?,27?,28?,33-,34+,35+,38?,39?,40?/m1/s1. The predicted molar refractivity (Wildman–Crippen MR) is 243 cm³/mol.